The second-order valence-electron chi connectivity index (χ2n) is 5.40. The van der Waals surface area contributed by atoms with Crippen molar-refractivity contribution in [1.29, 1.82) is 0 Å². The molecule has 0 saturated carbocycles. The molecule has 1 unspecified atom stereocenters. The van der Waals surface area contributed by atoms with E-state index >= 15 is 0 Å². The number of amides is 1. The van der Waals surface area contributed by atoms with Crippen LogP contribution >= 0.6 is 0 Å². The van der Waals surface area contributed by atoms with Crippen LogP contribution in [-0.2, 0) is 19.1 Å². The number of hydrogen-bond acceptors (Lipinski definition) is 5. The van der Waals surface area contributed by atoms with Gasteiger partial charge in [-0.3, -0.25) is 19.3 Å². The van der Waals surface area contributed by atoms with E-state index in [1.54, 1.807) is 26.1 Å². The number of esters is 1. The van der Waals surface area contributed by atoms with Crippen molar-refractivity contribution < 1.29 is 19.1 Å². The molecule has 22 heavy (non-hydrogen) atoms. The lowest BCUT2D eigenvalue weighted by atomic mass is 10.2. The van der Waals surface area contributed by atoms with Gasteiger partial charge in [0, 0.05) is 11.8 Å². The highest BCUT2D eigenvalue weighted by atomic mass is 16.6. The van der Waals surface area contributed by atoms with Crippen LogP contribution in [0.5, 0.6) is 0 Å². The number of pyridine rings is 1. The van der Waals surface area contributed by atoms with Crippen molar-refractivity contribution in [3.05, 3.63) is 35.0 Å². The van der Waals surface area contributed by atoms with E-state index in [1.165, 1.54) is 11.8 Å². The van der Waals surface area contributed by atoms with Gasteiger partial charge < -0.3 is 4.74 Å². The minimum atomic E-state index is -0.852. The van der Waals surface area contributed by atoms with Crippen LogP contribution in [0.3, 0.4) is 0 Å². The van der Waals surface area contributed by atoms with Crippen molar-refractivity contribution in [3.8, 4) is 0 Å². The molecule has 0 spiro atoms. The van der Waals surface area contributed by atoms with Gasteiger partial charge in [0.25, 0.3) is 5.91 Å². The summed E-state index contributed by atoms with van der Waals surface area (Å²) >= 11 is 0. The average molecular weight is 302 g/mol. The van der Waals surface area contributed by atoms with Gasteiger partial charge >= 0.3 is 5.97 Å². The van der Waals surface area contributed by atoms with E-state index in [4.69, 9.17) is 4.74 Å². The van der Waals surface area contributed by atoms with Crippen LogP contribution in [0.1, 0.15) is 32.8 Å². The molecule has 6 nitrogen and oxygen atoms in total. The van der Waals surface area contributed by atoms with Crippen LogP contribution in [-0.4, -0.2) is 28.9 Å². The van der Waals surface area contributed by atoms with Gasteiger partial charge in [-0.05, 0) is 44.9 Å². The zero-order valence-corrected chi connectivity index (χ0v) is 13.0. The van der Waals surface area contributed by atoms with Gasteiger partial charge in [-0.15, -0.1) is 0 Å². The molecular formula is C16H18N2O4. The summed E-state index contributed by atoms with van der Waals surface area (Å²) < 4.78 is 5.32. The molecule has 0 radical (unpaired) electrons. The molecule has 0 N–H and O–H groups in total. The second-order valence-corrected chi connectivity index (χ2v) is 5.40. The number of aromatic nitrogens is 1. The number of anilines is 1. The Balaban J connectivity index is 2.30. The zero-order chi connectivity index (χ0) is 16.4. The quantitative estimate of drug-likeness (QED) is 0.627. The topological polar surface area (TPSA) is 76.6 Å². The molecule has 2 rings (SSSR count). The summed E-state index contributed by atoms with van der Waals surface area (Å²) in [6.07, 6.45) is 0.473. The molecule has 1 atom stereocenters. The Labute approximate surface area is 128 Å². The van der Waals surface area contributed by atoms with Crippen molar-refractivity contribution in [1.82, 2.24) is 4.98 Å². The number of carbonyl (C=O) groups is 3. The number of carbonyl (C=O) groups excluding carboxylic acids is 3. The average Bonchev–Trinajstić information content (AvgIpc) is 2.64. The lowest BCUT2D eigenvalue weighted by Gasteiger charge is -2.25. The summed E-state index contributed by atoms with van der Waals surface area (Å²) in [7, 11) is 0. The number of aryl methyl sites for hydroxylation is 1. The van der Waals surface area contributed by atoms with Crippen molar-refractivity contribution in [2.75, 3.05) is 4.90 Å². The highest BCUT2D eigenvalue weighted by molar-refractivity contribution is 6.09. The van der Waals surface area contributed by atoms with Crippen LogP contribution in [0, 0.1) is 6.92 Å². The molecule has 0 aliphatic carbocycles. The summed E-state index contributed by atoms with van der Waals surface area (Å²) in [6, 6.07) is 3.53. The van der Waals surface area contributed by atoms with Crippen LogP contribution in [0.15, 0.2) is 29.5 Å². The maximum absolute atomic E-state index is 12.4. The first-order chi connectivity index (χ1) is 10.3. The Kier molecular flexibility index (Phi) is 4.40. The van der Waals surface area contributed by atoms with E-state index in [0.717, 1.165) is 5.56 Å². The fraction of sp³-hybridized carbons (Fsp3) is 0.375. The highest BCUT2D eigenvalue weighted by Gasteiger charge is 2.39. The van der Waals surface area contributed by atoms with Gasteiger partial charge in [0.1, 0.15) is 18.0 Å². The molecule has 116 valence electrons. The molecule has 1 aliphatic heterocycles. The molecule has 0 bridgehead atoms. The number of rotatable bonds is 4. The first-order valence-corrected chi connectivity index (χ1v) is 6.93. The Bertz CT molecular complexity index is 661. The van der Waals surface area contributed by atoms with Crippen molar-refractivity contribution in [2.45, 2.75) is 40.3 Å². The molecule has 1 amide bonds. The van der Waals surface area contributed by atoms with E-state index in [1.807, 2.05) is 13.0 Å². The largest absolute Gasteiger partial charge is 0.437 e. The first kappa shape index (κ1) is 15.9. The predicted molar refractivity (Wildman–Crippen MR) is 80.0 cm³/mol. The maximum atomic E-state index is 12.4. The van der Waals surface area contributed by atoms with Crippen LogP contribution in [0.4, 0.5) is 5.82 Å². The molecule has 6 heteroatoms. The Morgan fingerprint density at radius 2 is 1.95 bits per heavy atom. The predicted octanol–water partition coefficient (Wildman–Crippen LogP) is 1.92. The van der Waals surface area contributed by atoms with Crippen LogP contribution in [0.25, 0.3) is 0 Å². The van der Waals surface area contributed by atoms with E-state index in [2.05, 4.69) is 4.98 Å². The number of ether oxygens (including phenoxy) is 1. The minimum Gasteiger partial charge on any atom is -0.437 e. The molecule has 1 aliphatic rings. The number of hydrogen-bond donors (Lipinski definition) is 0. The monoisotopic (exact) mass is 302 g/mol. The van der Waals surface area contributed by atoms with Crippen LogP contribution in [0.2, 0.25) is 0 Å². The van der Waals surface area contributed by atoms with Crippen molar-refractivity contribution in [3.63, 3.8) is 0 Å². The van der Waals surface area contributed by atoms with Crippen molar-refractivity contribution in [2.24, 2.45) is 0 Å². The zero-order valence-electron chi connectivity index (χ0n) is 13.0. The molecule has 0 fully saturated rings. The number of ketones is 1. The first-order valence-electron chi connectivity index (χ1n) is 6.93. The third-order valence-corrected chi connectivity index (χ3v) is 3.51. The van der Waals surface area contributed by atoms with Gasteiger partial charge in [-0.2, -0.15) is 0 Å². The molecular weight excluding hydrogens is 284 g/mol. The number of nitrogens with zero attached hydrogens (tertiary/aromatic N) is 2. The van der Waals surface area contributed by atoms with Gasteiger partial charge in [-0.25, -0.2) is 4.98 Å². The summed E-state index contributed by atoms with van der Waals surface area (Å²) in [5, 5.41) is 0. The third-order valence-electron chi connectivity index (χ3n) is 3.51. The molecule has 1 aromatic rings. The van der Waals surface area contributed by atoms with Gasteiger partial charge in [0.2, 0.25) is 6.23 Å². The fourth-order valence-corrected chi connectivity index (χ4v) is 2.17. The standard InChI is InChI=1S/C16H18N2O4/c1-9-5-6-13(17-8-9)18-15(21)11(3)12(4)16(18)22-14(20)7-10(2)19/h5-6,8,16H,7H2,1-4H3. The Morgan fingerprint density at radius 3 is 2.50 bits per heavy atom. The molecule has 0 saturated heterocycles. The Morgan fingerprint density at radius 1 is 1.27 bits per heavy atom. The summed E-state index contributed by atoms with van der Waals surface area (Å²) in [4.78, 5) is 40.7. The Hall–Kier alpha value is -2.50. The van der Waals surface area contributed by atoms with E-state index in [9.17, 15) is 14.4 Å². The van der Waals surface area contributed by atoms with Gasteiger partial charge in [0.05, 0.1) is 0 Å². The molecule has 2 heterocycles. The van der Waals surface area contributed by atoms with Crippen molar-refractivity contribution >= 4 is 23.5 Å². The third kappa shape index (κ3) is 3.05. The normalized spacial score (nSPS) is 17.9. The molecule has 0 aromatic carbocycles. The summed E-state index contributed by atoms with van der Waals surface area (Å²) in [5.41, 5.74) is 2.12. The fourth-order valence-electron chi connectivity index (χ4n) is 2.17. The second kappa shape index (κ2) is 6.09. The van der Waals surface area contributed by atoms with Gasteiger partial charge in [0.15, 0.2) is 0 Å². The minimum absolute atomic E-state index is 0.255. The van der Waals surface area contributed by atoms with E-state index in [0.29, 0.717) is 17.0 Å². The summed E-state index contributed by atoms with van der Waals surface area (Å²) in [5.74, 6) is -0.786. The summed E-state index contributed by atoms with van der Waals surface area (Å²) in [6.45, 7) is 6.61. The lowest BCUT2D eigenvalue weighted by molar-refractivity contribution is -0.149. The van der Waals surface area contributed by atoms with E-state index < -0.39 is 12.2 Å². The van der Waals surface area contributed by atoms with Gasteiger partial charge in [-0.1, -0.05) is 6.07 Å². The SMILES string of the molecule is CC(=O)CC(=O)OC1C(C)=C(C)C(=O)N1c1ccc(C)cn1. The van der Waals surface area contributed by atoms with E-state index in [-0.39, 0.29) is 18.1 Å². The number of Topliss-reactive ketones (excluding diaryl/α,β-unsaturated/α-hetero) is 1. The smallest absolute Gasteiger partial charge is 0.315 e. The van der Waals surface area contributed by atoms with Crippen LogP contribution < -0.4 is 4.90 Å². The molecule has 1 aromatic heterocycles. The maximum Gasteiger partial charge on any atom is 0.315 e. The highest BCUT2D eigenvalue weighted by Crippen LogP contribution is 2.30. The lowest BCUT2D eigenvalue weighted by Crippen LogP contribution is -2.39.